The predicted molar refractivity (Wildman–Crippen MR) is 77.3 cm³/mol. The maximum atomic E-state index is 11.7. The van der Waals surface area contributed by atoms with Crippen LogP contribution in [0.4, 0.5) is 0 Å². The van der Waals surface area contributed by atoms with Crippen molar-refractivity contribution < 1.29 is 9.90 Å². The lowest BCUT2D eigenvalue weighted by molar-refractivity contribution is -0.150. The summed E-state index contributed by atoms with van der Waals surface area (Å²) in [6.07, 6.45) is 7.87. The molecule has 2 heteroatoms. The summed E-state index contributed by atoms with van der Waals surface area (Å²) in [4.78, 5) is 11.7. The fraction of sp³-hybridized carbons (Fsp3) is 0.588. The summed E-state index contributed by atoms with van der Waals surface area (Å²) in [6.45, 7) is 2.18. The van der Waals surface area contributed by atoms with E-state index in [4.69, 9.17) is 0 Å². The van der Waals surface area contributed by atoms with Crippen molar-refractivity contribution in [3.63, 3.8) is 0 Å². The molecule has 0 saturated carbocycles. The number of aliphatic carboxylic acids is 1. The highest BCUT2D eigenvalue weighted by Crippen LogP contribution is 2.40. The molecule has 1 atom stereocenters. The number of carboxylic acid groups (broad SMARTS) is 1. The Morgan fingerprint density at radius 1 is 1.21 bits per heavy atom. The summed E-state index contributed by atoms with van der Waals surface area (Å²) < 4.78 is 0. The molecule has 1 N–H and O–H groups in total. The molecular weight excluding hydrogens is 236 g/mol. The average molecular weight is 260 g/mol. The van der Waals surface area contributed by atoms with Crippen LogP contribution >= 0.6 is 0 Å². The average Bonchev–Trinajstić information content (AvgIpc) is 2.43. The molecule has 1 aromatic carbocycles. The van der Waals surface area contributed by atoms with E-state index in [1.807, 2.05) is 12.1 Å². The van der Waals surface area contributed by atoms with Gasteiger partial charge in [0.2, 0.25) is 0 Å². The van der Waals surface area contributed by atoms with Crippen molar-refractivity contribution in [3.05, 3.63) is 35.4 Å². The summed E-state index contributed by atoms with van der Waals surface area (Å²) in [5, 5.41) is 9.67. The van der Waals surface area contributed by atoms with Crippen LogP contribution in [0, 0.1) is 5.41 Å². The Bertz CT molecular complexity index is 439. The third-order valence-corrected chi connectivity index (χ3v) is 4.48. The standard InChI is InChI=1S/C17H24O2/c1-2-3-4-7-11-17(16(18)19)12-10-14-8-5-6-9-15(14)13-17/h5-6,8-9H,2-4,7,10-13H2,1H3,(H,18,19). The second kappa shape index (κ2) is 6.23. The highest BCUT2D eigenvalue weighted by atomic mass is 16.4. The van der Waals surface area contributed by atoms with E-state index in [0.717, 1.165) is 32.1 Å². The van der Waals surface area contributed by atoms with Gasteiger partial charge in [-0.3, -0.25) is 4.79 Å². The number of unbranched alkanes of at least 4 members (excludes halogenated alkanes) is 3. The van der Waals surface area contributed by atoms with E-state index in [1.54, 1.807) is 0 Å². The molecule has 0 heterocycles. The topological polar surface area (TPSA) is 37.3 Å². The lowest BCUT2D eigenvalue weighted by atomic mass is 9.69. The van der Waals surface area contributed by atoms with Crippen molar-refractivity contribution in [3.8, 4) is 0 Å². The molecule has 1 aliphatic carbocycles. The number of aryl methyl sites for hydroxylation is 1. The molecule has 1 unspecified atom stereocenters. The number of rotatable bonds is 6. The van der Waals surface area contributed by atoms with E-state index in [2.05, 4.69) is 19.1 Å². The van der Waals surface area contributed by atoms with E-state index < -0.39 is 11.4 Å². The van der Waals surface area contributed by atoms with Crippen LogP contribution in [0.15, 0.2) is 24.3 Å². The minimum atomic E-state index is -0.599. The summed E-state index contributed by atoms with van der Waals surface area (Å²) in [5.74, 6) is -0.599. The second-order valence-electron chi connectivity index (χ2n) is 5.84. The van der Waals surface area contributed by atoms with Crippen LogP contribution in [-0.4, -0.2) is 11.1 Å². The van der Waals surface area contributed by atoms with Gasteiger partial charge in [-0.15, -0.1) is 0 Å². The largest absolute Gasteiger partial charge is 0.481 e. The van der Waals surface area contributed by atoms with Crippen LogP contribution in [0.3, 0.4) is 0 Å². The Kier molecular flexibility index (Phi) is 4.62. The van der Waals surface area contributed by atoms with Crippen LogP contribution in [0.2, 0.25) is 0 Å². The molecule has 2 rings (SSSR count). The van der Waals surface area contributed by atoms with Gasteiger partial charge in [0.15, 0.2) is 0 Å². The molecule has 0 aromatic heterocycles. The van der Waals surface area contributed by atoms with Gasteiger partial charge in [0.05, 0.1) is 5.41 Å². The third kappa shape index (κ3) is 3.17. The van der Waals surface area contributed by atoms with Crippen molar-refractivity contribution >= 4 is 5.97 Å². The van der Waals surface area contributed by atoms with E-state index in [1.165, 1.54) is 24.0 Å². The third-order valence-electron chi connectivity index (χ3n) is 4.48. The van der Waals surface area contributed by atoms with Crippen molar-refractivity contribution in [2.45, 2.75) is 58.3 Å². The van der Waals surface area contributed by atoms with E-state index in [9.17, 15) is 9.90 Å². The molecule has 0 spiro atoms. The molecule has 0 bridgehead atoms. The van der Waals surface area contributed by atoms with Gasteiger partial charge in [-0.2, -0.15) is 0 Å². The number of fused-ring (bicyclic) bond motifs is 1. The molecular formula is C17H24O2. The van der Waals surface area contributed by atoms with E-state index >= 15 is 0 Å². The van der Waals surface area contributed by atoms with Gasteiger partial charge in [-0.05, 0) is 36.8 Å². The SMILES string of the molecule is CCCCCCC1(C(=O)O)CCc2ccccc2C1. The Morgan fingerprint density at radius 2 is 1.95 bits per heavy atom. The number of hydrogen-bond donors (Lipinski definition) is 1. The highest BCUT2D eigenvalue weighted by molar-refractivity contribution is 5.75. The quantitative estimate of drug-likeness (QED) is 0.778. The Morgan fingerprint density at radius 3 is 2.63 bits per heavy atom. The van der Waals surface area contributed by atoms with E-state index in [0.29, 0.717) is 6.42 Å². The van der Waals surface area contributed by atoms with Crippen molar-refractivity contribution in [2.75, 3.05) is 0 Å². The van der Waals surface area contributed by atoms with Gasteiger partial charge in [0.25, 0.3) is 0 Å². The zero-order valence-electron chi connectivity index (χ0n) is 11.8. The van der Waals surface area contributed by atoms with Gasteiger partial charge in [0, 0.05) is 0 Å². The molecule has 0 aliphatic heterocycles. The fourth-order valence-electron chi connectivity index (χ4n) is 3.19. The normalized spacial score (nSPS) is 21.9. The monoisotopic (exact) mass is 260 g/mol. The van der Waals surface area contributed by atoms with Crippen molar-refractivity contribution in [1.29, 1.82) is 0 Å². The van der Waals surface area contributed by atoms with Gasteiger partial charge < -0.3 is 5.11 Å². The maximum Gasteiger partial charge on any atom is 0.309 e. The van der Waals surface area contributed by atoms with Crippen molar-refractivity contribution in [1.82, 2.24) is 0 Å². The molecule has 0 fully saturated rings. The maximum absolute atomic E-state index is 11.7. The minimum Gasteiger partial charge on any atom is -0.481 e. The lowest BCUT2D eigenvalue weighted by Crippen LogP contribution is -2.37. The number of benzene rings is 1. The molecule has 1 aliphatic rings. The smallest absolute Gasteiger partial charge is 0.309 e. The molecule has 0 radical (unpaired) electrons. The van der Waals surface area contributed by atoms with Crippen LogP contribution < -0.4 is 0 Å². The Hall–Kier alpha value is -1.31. The molecule has 1 aromatic rings. The Balaban J connectivity index is 2.08. The van der Waals surface area contributed by atoms with Gasteiger partial charge in [-0.1, -0.05) is 56.9 Å². The molecule has 0 saturated heterocycles. The predicted octanol–water partition coefficient (Wildman–Crippen LogP) is 4.22. The lowest BCUT2D eigenvalue weighted by Gasteiger charge is -2.34. The zero-order valence-corrected chi connectivity index (χ0v) is 11.8. The fourth-order valence-corrected chi connectivity index (χ4v) is 3.19. The van der Waals surface area contributed by atoms with Crippen LogP contribution in [0.1, 0.15) is 56.6 Å². The highest BCUT2D eigenvalue weighted by Gasteiger charge is 2.40. The van der Waals surface area contributed by atoms with Gasteiger partial charge >= 0.3 is 5.97 Å². The minimum absolute atomic E-state index is 0.512. The molecule has 2 nitrogen and oxygen atoms in total. The molecule has 19 heavy (non-hydrogen) atoms. The van der Waals surface area contributed by atoms with Crippen molar-refractivity contribution in [2.24, 2.45) is 5.41 Å². The summed E-state index contributed by atoms with van der Waals surface area (Å²) >= 11 is 0. The van der Waals surface area contributed by atoms with Gasteiger partial charge in [-0.25, -0.2) is 0 Å². The summed E-state index contributed by atoms with van der Waals surface area (Å²) in [7, 11) is 0. The first-order chi connectivity index (χ1) is 9.18. The second-order valence-corrected chi connectivity index (χ2v) is 5.84. The first-order valence-electron chi connectivity index (χ1n) is 7.48. The summed E-state index contributed by atoms with van der Waals surface area (Å²) in [6, 6.07) is 8.30. The molecule has 104 valence electrons. The number of hydrogen-bond acceptors (Lipinski definition) is 1. The van der Waals surface area contributed by atoms with Crippen LogP contribution in [0.25, 0.3) is 0 Å². The molecule has 0 amide bonds. The first kappa shape index (κ1) is 14.1. The van der Waals surface area contributed by atoms with E-state index in [-0.39, 0.29) is 0 Å². The van der Waals surface area contributed by atoms with Crippen LogP contribution in [0.5, 0.6) is 0 Å². The summed E-state index contributed by atoms with van der Waals surface area (Å²) in [5.41, 5.74) is 2.07. The van der Waals surface area contributed by atoms with Gasteiger partial charge in [0.1, 0.15) is 0 Å². The zero-order chi connectivity index (χ0) is 13.7. The first-order valence-corrected chi connectivity index (χ1v) is 7.48. The number of carbonyl (C=O) groups is 1. The van der Waals surface area contributed by atoms with Crippen LogP contribution in [-0.2, 0) is 17.6 Å². The Labute approximate surface area is 115 Å². The number of carboxylic acids is 1.